The molecule has 0 aliphatic heterocycles. The first kappa shape index (κ1) is 19.8. The van der Waals surface area contributed by atoms with Crippen LogP contribution in [-0.2, 0) is 17.9 Å². The predicted octanol–water partition coefficient (Wildman–Crippen LogP) is 2.17. The highest BCUT2D eigenvalue weighted by Crippen LogP contribution is 2.18. The van der Waals surface area contributed by atoms with E-state index in [1.807, 2.05) is 54.6 Å². The molecule has 30 heavy (non-hydrogen) atoms. The smallest absolute Gasteiger partial charge is 0.295 e. The fourth-order valence-corrected chi connectivity index (χ4v) is 3.18. The Hall–Kier alpha value is -3.49. The summed E-state index contributed by atoms with van der Waals surface area (Å²) in [6, 6.07) is 17.0. The quantitative estimate of drug-likeness (QED) is 0.482. The first-order chi connectivity index (χ1) is 14.7. The van der Waals surface area contributed by atoms with Crippen molar-refractivity contribution in [2.45, 2.75) is 19.3 Å². The van der Waals surface area contributed by atoms with Crippen molar-refractivity contribution in [2.75, 3.05) is 13.7 Å². The average Bonchev–Trinajstić information content (AvgIpc) is 3.22. The maximum absolute atomic E-state index is 12.7. The number of benzene rings is 2. The zero-order chi connectivity index (χ0) is 20.9. The van der Waals surface area contributed by atoms with Crippen molar-refractivity contribution in [3.05, 3.63) is 82.9 Å². The van der Waals surface area contributed by atoms with Crippen LogP contribution in [0.2, 0.25) is 0 Å². The van der Waals surface area contributed by atoms with Crippen molar-refractivity contribution >= 4 is 10.9 Å². The molecule has 2 aromatic heterocycles. The van der Waals surface area contributed by atoms with Crippen LogP contribution in [-0.4, -0.2) is 44.5 Å². The van der Waals surface area contributed by atoms with Gasteiger partial charge in [0.1, 0.15) is 5.75 Å². The van der Waals surface area contributed by atoms with Gasteiger partial charge in [-0.25, -0.2) is 9.36 Å². The van der Waals surface area contributed by atoms with Crippen LogP contribution in [0.1, 0.15) is 5.56 Å². The van der Waals surface area contributed by atoms with E-state index in [1.165, 1.54) is 4.68 Å². The Balaban J connectivity index is 1.43. The van der Waals surface area contributed by atoms with Crippen molar-refractivity contribution in [1.29, 1.82) is 0 Å². The van der Waals surface area contributed by atoms with Crippen LogP contribution in [0, 0.1) is 0 Å². The van der Waals surface area contributed by atoms with E-state index >= 15 is 0 Å². The minimum absolute atomic E-state index is 0.0128. The van der Waals surface area contributed by atoms with Gasteiger partial charge >= 0.3 is 0 Å². The van der Waals surface area contributed by atoms with Crippen LogP contribution in [0.5, 0.6) is 5.75 Å². The molecule has 4 aromatic rings. The largest absolute Gasteiger partial charge is 0.496 e. The van der Waals surface area contributed by atoms with Crippen molar-refractivity contribution in [2.24, 2.45) is 0 Å². The van der Waals surface area contributed by atoms with Gasteiger partial charge in [-0.3, -0.25) is 4.79 Å². The second-order valence-corrected chi connectivity index (χ2v) is 6.83. The second kappa shape index (κ2) is 8.89. The van der Waals surface area contributed by atoms with Crippen molar-refractivity contribution in [3.63, 3.8) is 0 Å². The van der Waals surface area contributed by atoms with Gasteiger partial charge in [-0.05, 0) is 18.2 Å². The molecular weight excluding hydrogens is 384 g/mol. The van der Waals surface area contributed by atoms with Gasteiger partial charge in [0.2, 0.25) is 0 Å². The summed E-state index contributed by atoms with van der Waals surface area (Å²) in [5.41, 5.74) is 1.68. The van der Waals surface area contributed by atoms with Gasteiger partial charge in [-0.1, -0.05) is 36.4 Å². The maximum Gasteiger partial charge on any atom is 0.295 e. The summed E-state index contributed by atoms with van der Waals surface area (Å²) in [6.45, 7) is 0.367. The number of rotatable bonds is 8. The molecular formula is C22H22N4O4. The van der Waals surface area contributed by atoms with Gasteiger partial charge < -0.3 is 14.6 Å². The van der Waals surface area contributed by atoms with E-state index in [-0.39, 0.29) is 18.7 Å². The molecule has 0 saturated heterocycles. The summed E-state index contributed by atoms with van der Waals surface area (Å²) in [6.07, 6.45) is 2.44. The van der Waals surface area contributed by atoms with Crippen molar-refractivity contribution in [1.82, 2.24) is 19.6 Å². The summed E-state index contributed by atoms with van der Waals surface area (Å²) >= 11 is 0. The molecule has 2 aromatic carbocycles. The molecule has 0 amide bonds. The SMILES string of the molecule is COc1ccccc1COCC(O)Cn1ncc2cn(-c3ccccc3)nc2c1=O. The van der Waals surface area contributed by atoms with Crippen LogP contribution in [0.25, 0.3) is 16.6 Å². The number of aliphatic hydroxyl groups is 1. The molecule has 0 saturated carbocycles. The van der Waals surface area contributed by atoms with Crippen molar-refractivity contribution < 1.29 is 14.6 Å². The highest BCUT2D eigenvalue weighted by molar-refractivity contribution is 5.76. The number of fused-ring (bicyclic) bond motifs is 1. The maximum atomic E-state index is 12.7. The van der Waals surface area contributed by atoms with Crippen molar-refractivity contribution in [3.8, 4) is 11.4 Å². The molecule has 2 heterocycles. The molecule has 8 nitrogen and oxygen atoms in total. The Labute approximate surface area is 172 Å². The van der Waals surface area contributed by atoms with Gasteiger partial charge in [0.15, 0.2) is 5.52 Å². The second-order valence-electron chi connectivity index (χ2n) is 6.83. The Morgan fingerprint density at radius 2 is 1.87 bits per heavy atom. The minimum Gasteiger partial charge on any atom is -0.496 e. The molecule has 4 rings (SSSR count). The summed E-state index contributed by atoms with van der Waals surface area (Å²) in [4.78, 5) is 12.7. The molecule has 0 bridgehead atoms. The third-order valence-electron chi connectivity index (χ3n) is 4.68. The van der Waals surface area contributed by atoms with E-state index < -0.39 is 6.10 Å². The van der Waals surface area contributed by atoms with Gasteiger partial charge in [0.25, 0.3) is 5.56 Å². The van der Waals surface area contributed by atoms with Crippen LogP contribution in [0.3, 0.4) is 0 Å². The molecule has 0 aliphatic carbocycles. The number of ether oxygens (including phenoxy) is 2. The molecule has 0 aliphatic rings. The standard InChI is InChI=1S/C22H22N4O4/c1-29-20-10-6-5-7-16(20)14-30-15-19(27)13-26-22(28)21-17(11-23-26)12-25(24-21)18-8-3-2-4-9-18/h2-12,19,27H,13-15H2,1H3. The van der Waals surface area contributed by atoms with E-state index in [2.05, 4.69) is 10.2 Å². The zero-order valence-corrected chi connectivity index (χ0v) is 16.5. The van der Waals surface area contributed by atoms with E-state index in [4.69, 9.17) is 9.47 Å². The van der Waals surface area contributed by atoms with Gasteiger partial charge in [-0.2, -0.15) is 10.2 Å². The third-order valence-corrected chi connectivity index (χ3v) is 4.68. The third kappa shape index (κ3) is 4.24. The van der Waals surface area contributed by atoms with Crippen LogP contribution in [0.4, 0.5) is 0 Å². The average molecular weight is 406 g/mol. The zero-order valence-electron chi connectivity index (χ0n) is 16.5. The number of aromatic nitrogens is 4. The fourth-order valence-electron chi connectivity index (χ4n) is 3.18. The Morgan fingerprint density at radius 1 is 1.10 bits per heavy atom. The molecule has 1 unspecified atom stereocenters. The molecule has 1 N–H and O–H groups in total. The summed E-state index contributed by atoms with van der Waals surface area (Å²) in [5, 5.41) is 19.5. The molecule has 0 spiro atoms. The molecule has 1 atom stereocenters. The summed E-state index contributed by atoms with van der Waals surface area (Å²) in [5.74, 6) is 0.726. The highest BCUT2D eigenvalue weighted by Gasteiger charge is 2.13. The van der Waals surface area contributed by atoms with E-state index in [9.17, 15) is 9.90 Å². The van der Waals surface area contributed by atoms with Crippen LogP contribution >= 0.6 is 0 Å². The number of nitrogens with zero attached hydrogens (tertiary/aromatic N) is 4. The lowest BCUT2D eigenvalue weighted by atomic mass is 10.2. The Bertz CT molecular complexity index is 1190. The first-order valence-electron chi connectivity index (χ1n) is 9.54. The van der Waals surface area contributed by atoms with Crippen LogP contribution < -0.4 is 10.3 Å². The lowest BCUT2D eigenvalue weighted by Crippen LogP contribution is -2.31. The van der Waals surface area contributed by atoms with E-state index in [0.29, 0.717) is 17.5 Å². The summed E-state index contributed by atoms with van der Waals surface area (Å²) < 4.78 is 13.7. The number of aliphatic hydroxyl groups excluding tert-OH is 1. The number of hydrogen-bond acceptors (Lipinski definition) is 6. The topological polar surface area (TPSA) is 91.4 Å². The lowest BCUT2D eigenvalue weighted by molar-refractivity contribution is 0.0175. The monoisotopic (exact) mass is 406 g/mol. The van der Waals surface area contributed by atoms with E-state index in [0.717, 1.165) is 17.0 Å². The highest BCUT2D eigenvalue weighted by atomic mass is 16.5. The van der Waals surface area contributed by atoms with Crippen LogP contribution in [0.15, 0.2) is 71.8 Å². The van der Waals surface area contributed by atoms with E-state index in [1.54, 1.807) is 24.2 Å². The predicted molar refractivity (Wildman–Crippen MR) is 112 cm³/mol. The van der Waals surface area contributed by atoms with Gasteiger partial charge in [0.05, 0.1) is 44.9 Å². The Kier molecular flexibility index (Phi) is 5.87. The molecule has 0 radical (unpaired) electrons. The minimum atomic E-state index is -0.890. The van der Waals surface area contributed by atoms with Gasteiger partial charge in [0, 0.05) is 17.1 Å². The Morgan fingerprint density at radius 3 is 2.67 bits per heavy atom. The normalized spacial score (nSPS) is 12.2. The summed E-state index contributed by atoms with van der Waals surface area (Å²) in [7, 11) is 1.60. The molecule has 8 heteroatoms. The lowest BCUT2D eigenvalue weighted by Gasteiger charge is -2.13. The van der Waals surface area contributed by atoms with Gasteiger partial charge in [-0.15, -0.1) is 0 Å². The molecule has 154 valence electrons. The number of para-hydroxylation sites is 2. The first-order valence-corrected chi connectivity index (χ1v) is 9.54. The number of hydrogen-bond donors (Lipinski definition) is 1. The fraction of sp³-hybridized carbons (Fsp3) is 0.227. The number of methoxy groups -OCH3 is 1. The molecule has 0 fully saturated rings.